The Balaban J connectivity index is 0.000000531. The molecule has 15 heavy (non-hydrogen) atoms. The summed E-state index contributed by atoms with van der Waals surface area (Å²) < 4.78 is 0. The predicted octanol–water partition coefficient (Wildman–Crippen LogP) is 3.40. The fourth-order valence-corrected chi connectivity index (χ4v) is 2.13. The summed E-state index contributed by atoms with van der Waals surface area (Å²) in [6.45, 7) is 12.9. The molecule has 1 aromatic rings. The van der Waals surface area contributed by atoms with Crippen LogP contribution in [0.4, 0.5) is 0 Å². The maximum Gasteiger partial charge on any atom is 0.0208 e. The second-order valence-electron chi connectivity index (χ2n) is 4.65. The van der Waals surface area contributed by atoms with Crippen LogP contribution in [0.1, 0.15) is 44.4 Å². The van der Waals surface area contributed by atoms with Crippen LogP contribution in [-0.2, 0) is 12.0 Å². The number of nitrogens with one attached hydrogen (secondary N) is 1. The predicted molar refractivity (Wildman–Crippen MR) is 67.3 cm³/mol. The van der Waals surface area contributed by atoms with Crippen molar-refractivity contribution in [2.24, 2.45) is 0 Å². The molecule has 1 aromatic carbocycles. The van der Waals surface area contributed by atoms with Crippen molar-refractivity contribution in [1.29, 1.82) is 0 Å². The minimum absolute atomic E-state index is 0.293. The van der Waals surface area contributed by atoms with Gasteiger partial charge < -0.3 is 5.32 Å². The van der Waals surface area contributed by atoms with E-state index < -0.39 is 0 Å². The Hall–Kier alpha value is -0.820. The van der Waals surface area contributed by atoms with Crippen molar-refractivity contribution < 1.29 is 0 Å². The number of rotatable bonds is 0. The van der Waals surface area contributed by atoms with Crippen molar-refractivity contribution in [2.45, 2.75) is 46.6 Å². The summed E-state index contributed by atoms with van der Waals surface area (Å²) in [6, 6.07) is 6.79. The molecule has 0 saturated heterocycles. The summed E-state index contributed by atoms with van der Waals surface area (Å²) in [5.74, 6) is 0. The molecule has 1 heterocycles. The van der Waals surface area contributed by atoms with Crippen molar-refractivity contribution in [3.8, 4) is 0 Å². The van der Waals surface area contributed by atoms with E-state index in [9.17, 15) is 0 Å². The normalized spacial score (nSPS) is 17.4. The summed E-state index contributed by atoms with van der Waals surface area (Å²) in [5, 5.41) is 3.46. The third-order valence-electron chi connectivity index (χ3n) is 2.87. The van der Waals surface area contributed by atoms with E-state index in [1.54, 1.807) is 0 Å². The first-order valence-electron chi connectivity index (χ1n) is 5.90. The Labute approximate surface area is 93.9 Å². The first kappa shape index (κ1) is 12.3. The fourth-order valence-electron chi connectivity index (χ4n) is 2.13. The lowest BCUT2D eigenvalue weighted by atomic mass is 9.79. The molecule has 2 rings (SSSR count). The topological polar surface area (TPSA) is 12.0 Å². The van der Waals surface area contributed by atoms with Gasteiger partial charge in [-0.3, -0.25) is 0 Å². The van der Waals surface area contributed by atoms with Gasteiger partial charge in [0.1, 0.15) is 0 Å². The molecule has 1 heteroatoms. The zero-order chi connectivity index (χ0) is 11.5. The van der Waals surface area contributed by atoms with Crippen LogP contribution in [-0.4, -0.2) is 6.54 Å². The van der Waals surface area contributed by atoms with Crippen molar-refractivity contribution in [3.05, 3.63) is 34.9 Å². The lowest BCUT2D eigenvalue weighted by Crippen LogP contribution is -2.38. The molecule has 1 aliphatic rings. The van der Waals surface area contributed by atoms with Gasteiger partial charge >= 0.3 is 0 Å². The number of fused-ring (bicyclic) bond motifs is 1. The smallest absolute Gasteiger partial charge is 0.0208 e. The van der Waals surface area contributed by atoms with Crippen LogP contribution in [0.2, 0.25) is 0 Å². The molecule has 84 valence electrons. The third-order valence-corrected chi connectivity index (χ3v) is 2.87. The van der Waals surface area contributed by atoms with Gasteiger partial charge in [-0.15, -0.1) is 0 Å². The van der Waals surface area contributed by atoms with Crippen LogP contribution in [0, 0.1) is 6.92 Å². The van der Waals surface area contributed by atoms with Crippen LogP contribution in [0.3, 0.4) is 0 Å². The van der Waals surface area contributed by atoms with Gasteiger partial charge in [0.05, 0.1) is 0 Å². The van der Waals surface area contributed by atoms with Gasteiger partial charge in [0.2, 0.25) is 0 Å². The van der Waals surface area contributed by atoms with Crippen LogP contribution in [0.15, 0.2) is 18.2 Å². The lowest BCUT2D eigenvalue weighted by molar-refractivity contribution is 0.435. The molecule has 0 amide bonds. The molecule has 0 radical (unpaired) electrons. The summed E-state index contributed by atoms with van der Waals surface area (Å²) in [6.07, 6.45) is 0. The second-order valence-corrected chi connectivity index (χ2v) is 4.65. The van der Waals surface area contributed by atoms with Gasteiger partial charge in [0.25, 0.3) is 0 Å². The number of benzene rings is 1. The van der Waals surface area contributed by atoms with Crippen LogP contribution >= 0.6 is 0 Å². The van der Waals surface area contributed by atoms with Gasteiger partial charge in [-0.1, -0.05) is 51.5 Å². The highest BCUT2D eigenvalue weighted by atomic mass is 14.9. The van der Waals surface area contributed by atoms with Gasteiger partial charge in [-0.25, -0.2) is 0 Å². The van der Waals surface area contributed by atoms with Gasteiger partial charge in [-0.2, -0.15) is 0 Å². The highest BCUT2D eigenvalue weighted by Crippen LogP contribution is 2.29. The SMILES string of the molecule is CC.Cc1ccc2c(c1)CNCC2(C)C. The molecule has 0 aliphatic carbocycles. The van der Waals surface area contributed by atoms with E-state index in [-0.39, 0.29) is 0 Å². The molecule has 0 atom stereocenters. The zero-order valence-corrected chi connectivity index (χ0v) is 10.6. The van der Waals surface area contributed by atoms with Gasteiger partial charge in [0, 0.05) is 18.5 Å². The lowest BCUT2D eigenvalue weighted by Gasteiger charge is -2.33. The molecule has 0 aromatic heterocycles. The fraction of sp³-hybridized carbons (Fsp3) is 0.571. The van der Waals surface area contributed by atoms with Crippen molar-refractivity contribution in [1.82, 2.24) is 5.32 Å². The van der Waals surface area contributed by atoms with Crippen LogP contribution in [0.25, 0.3) is 0 Å². The monoisotopic (exact) mass is 205 g/mol. The summed E-state index contributed by atoms with van der Waals surface area (Å²) >= 11 is 0. The van der Waals surface area contributed by atoms with Crippen LogP contribution < -0.4 is 5.32 Å². The van der Waals surface area contributed by atoms with E-state index >= 15 is 0 Å². The molecule has 0 spiro atoms. The second kappa shape index (κ2) is 4.80. The van der Waals surface area contributed by atoms with Crippen molar-refractivity contribution in [3.63, 3.8) is 0 Å². The van der Waals surface area contributed by atoms with Gasteiger partial charge in [0.15, 0.2) is 0 Å². The Kier molecular flexibility index (Phi) is 3.92. The van der Waals surface area contributed by atoms with E-state index in [4.69, 9.17) is 0 Å². The quantitative estimate of drug-likeness (QED) is 0.684. The molecule has 0 bridgehead atoms. The Bertz CT molecular complexity index is 326. The van der Waals surface area contributed by atoms with E-state index in [0.29, 0.717) is 5.41 Å². The summed E-state index contributed by atoms with van der Waals surface area (Å²) in [5.41, 5.74) is 4.63. The number of hydrogen-bond donors (Lipinski definition) is 1. The highest BCUT2D eigenvalue weighted by molar-refractivity contribution is 5.38. The number of hydrogen-bond acceptors (Lipinski definition) is 1. The first-order chi connectivity index (χ1) is 7.09. The average molecular weight is 205 g/mol. The average Bonchev–Trinajstić information content (AvgIpc) is 2.19. The molecule has 0 saturated carbocycles. The Morgan fingerprint density at radius 1 is 1.20 bits per heavy atom. The van der Waals surface area contributed by atoms with Crippen molar-refractivity contribution >= 4 is 0 Å². The Morgan fingerprint density at radius 2 is 1.87 bits per heavy atom. The largest absolute Gasteiger partial charge is 0.312 e. The van der Waals surface area contributed by atoms with E-state index in [0.717, 1.165) is 13.1 Å². The minimum Gasteiger partial charge on any atom is -0.312 e. The zero-order valence-electron chi connectivity index (χ0n) is 10.6. The summed E-state index contributed by atoms with van der Waals surface area (Å²) in [7, 11) is 0. The minimum atomic E-state index is 0.293. The summed E-state index contributed by atoms with van der Waals surface area (Å²) in [4.78, 5) is 0. The molecular weight excluding hydrogens is 182 g/mol. The molecular formula is C14H23N. The van der Waals surface area contributed by atoms with Crippen molar-refractivity contribution in [2.75, 3.05) is 6.54 Å². The highest BCUT2D eigenvalue weighted by Gasteiger charge is 2.26. The van der Waals surface area contributed by atoms with Crippen LogP contribution in [0.5, 0.6) is 0 Å². The van der Waals surface area contributed by atoms with E-state index in [1.807, 2.05) is 13.8 Å². The molecule has 0 fully saturated rings. The number of aryl methyl sites for hydroxylation is 1. The molecule has 0 unspecified atom stereocenters. The maximum absolute atomic E-state index is 3.46. The molecule has 1 nitrogen and oxygen atoms in total. The maximum atomic E-state index is 3.46. The van der Waals surface area contributed by atoms with E-state index in [2.05, 4.69) is 44.3 Å². The third kappa shape index (κ3) is 2.60. The van der Waals surface area contributed by atoms with Gasteiger partial charge in [-0.05, 0) is 18.1 Å². The van der Waals surface area contributed by atoms with E-state index in [1.165, 1.54) is 16.7 Å². The molecule has 1 N–H and O–H groups in total. The Morgan fingerprint density at radius 3 is 2.53 bits per heavy atom. The molecule has 1 aliphatic heterocycles. The standard InChI is InChI=1S/C12H17N.C2H6/c1-9-4-5-11-10(6-9)7-13-8-12(11,2)3;1-2/h4-6,13H,7-8H2,1-3H3;1-2H3. The first-order valence-corrected chi connectivity index (χ1v) is 5.90.